The van der Waals surface area contributed by atoms with E-state index in [1.807, 2.05) is 26.0 Å². The number of aliphatic hydroxyl groups excluding tert-OH is 1. The maximum atomic E-state index is 13.2. The van der Waals surface area contributed by atoms with Crippen molar-refractivity contribution in [3.8, 4) is 17.1 Å². The van der Waals surface area contributed by atoms with Crippen LogP contribution >= 0.6 is 11.6 Å². The Morgan fingerprint density at radius 1 is 1.26 bits per heavy atom. The lowest BCUT2D eigenvalue weighted by Gasteiger charge is -2.15. The molecular weight excluding hydrogens is 476 g/mol. The van der Waals surface area contributed by atoms with Crippen LogP contribution in [0.3, 0.4) is 0 Å². The van der Waals surface area contributed by atoms with Crippen molar-refractivity contribution in [2.45, 2.75) is 26.1 Å². The molecule has 4 aromatic rings. The lowest BCUT2D eigenvalue weighted by atomic mass is 10.1. The van der Waals surface area contributed by atoms with Gasteiger partial charge in [0, 0.05) is 23.0 Å². The summed E-state index contributed by atoms with van der Waals surface area (Å²) in [6.45, 7) is 3.99. The molecule has 0 fully saturated rings. The molecule has 3 N–H and O–H groups in total. The molecule has 0 spiro atoms. The number of nitrogens with one attached hydrogen (secondary N) is 2. The molecular formula is C24H25ClN4O6. The average molecular weight is 501 g/mol. The molecule has 0 aliphatic carbocycles. The Morgan fingerprint density at radius 2 is 2.06 bits per heavy atom. The molecule has 0 aliphatic heterocycles. The smallest absolute Gasteiger partial charge is 0.439 e. The average Bonchev–Trinajstić information content (AvgIpc) is 3.41. The van der Waals surface area contributed by atoms with Crippen LogP contribution < -0.4 is 15.8 Å². The maximum absolute atomic E-state index is 13.2. The van der Waals surface area contributed by atoms with Gasteiger partial charge >= 0.3 is 5.76 Å². The van der Waals surface area contributed by atoms with Crippen LogP contribution in [0.1, 0.15) is 24.3 Å². The minimum absolute atomic E-state index is 0.00715. The van der Waals surface area contributed by atoms with Crippen LogP contribution in [-0.2, 0) is 11.8 Å². The standard InChI is InChI=1S/C24H25ClN4O6/c1-13(2)33-11-16(30)12-34-20-6-4-5-14-9-19(29(3)21(14)20)23(31)26-18-8-7-15(25)10-17(18)22-27-24(32)35-28-22/h4-10,13,16,30H,11-12H2,1-3H3,(H,26,31)(H,27,28,32). The summed E-state index contributed by atoms with van der Waals surface area (Å²) >= 11 is 6.10. The first-order chi connectivity index (χ1) is 16.7. The van der Waals surface area contributed by atoms with Crippen molar-refractivity contribution in [2.75, 3.05) is 18.5 Å². The number of carbonyl (C=O) groups is 1. The number of anilines is 1. The lowest BCUT2D eigenvalue weighted by Crippen LogP contribution is -2.25. The summed E-state index contributed by atoms with van der Waals surface area (Å²) in [5, 5.41) is 17.9. The number of nitrogens with zero attached hydrogens (tertiary/aromatic N) is 2. The zero-order chi connectivity index (χ0) is 25.1. The van der Waals surface area contributed by atoms with E-state index in [9.17, 15) is 14.7 Å². The number of hydrogen-bond donors (Lipinski definition) is 3. The van der Waals surface area contributed by atoms with Crippen LogP contribution in [0, 0.1) is 0 Å². The number of para-hydroxylation sites is 1. The summed E-state index contributed by atoms with van der Waals surface area (Å²) in [5.41, 5.74) is 1.86. The first-order valence-electron chi connectivity index (χ1n) is 10.9. The lowest BCUT2D eigenvalue weighted by molar-refractivity contribution is -0.0121. The summed E-state index contributed by atoms with van der Waals surface area (Å²) in [7, 11) is 1.75. The van der Waals surface area contributed by atoms with E-state index in [0.717, 1.165) is 5.39 Å². The highest BCUT2D eigenvalue weighted by Crippen LogP contribution is 2.31. The molecule has 2 aromatic carbocycles. The van der Waals surface area contributed by atoms with Gasteiger partial charge in [0.15, 0.2) is 5.82 Å². The minimum atomic E-state index is -0.790. The first-order valence-corrected chi connectivity index (χ1v) is 11.3. The molecule has 1 unspecified atom stereocenters. The Bertz CT molecular complexity index is 1410. The number of aromatic amines is 1. The number of amides is 1. The molecule has 0 bridgehead atoms. The Balaban J connectivity index is 1.58. The van der Waals surface area contributed by atoms with Gasteiger partial charge in [0.25, 0.3) is 5.91 Å². The van der Waals surface area contributed by atoms with Crippen molar-refractivity contribution in [2.24, 2.45) is 7.05 Å². The second-order valence-electron chi connectivity index (χ2n) is 8.22. The number of aromatic nitrogens is 3. The highest BCUT2D eigenvalue weighted by molar-refractivity contribution is 6.31. The Morgan fingerprint density at radius 3 is 2.77 bits per heavy atom. The van der Waals surface area contributed by atoms with Gasteiger partial charge in [0.05, 0.1) is 23.9 Å². The van der Waals surface area contributed by atoms with Gasteiger partial charge in [0.1, 0.15) is 24.2 Å². The van der Waals surface area contributed by atoms with Crippen LogP contribution in [0.25, 0.3) is 22.3 Å². The van der Waals surface area contributed by atoms with Crippen LogP contribution in [0.2, 0.25) is 5.02 Å². The predicted octanol–water partition coefficient (Wildman–Crippen LogP) is 3.59. The van der Waals surface area contributed by atoms with E-state index < -0.39 is 17.8 Å². The predicted molar refractivity (Wildman–Crippen MR) is 131 cm³/mol. The largest absolute Gasteiger partial charge is 0.489 e. The van der Waals surface area contributed by atoms with Crippen molar-refractivity contribution >= 4 is 34.1 Å². The van der Waals surface area contributed by atoms with Gasteiger partial charge in [-0.2, -0.15) is 0 Å². The fraction of sp³-hybridized carbons (Fsp3) is 0.292. The molecule has 184 valence electrons. The molecule has 0 saturated carbocycles. The van der Waals surface area contributed by atoms with E-state index >= 15 is 0 Å². The summed E-state index contributed by atoms with van der Waals surface area (Å²) in [6.07, 6.45) is -0.783. The van der Waals surface area contributed by atoms with Crippen molar-refractivity contribution in [1.29, 1.82) is 0 Å². The number of carbonyl (C=O) groups excluding carboxylic acids is 1. The summed E-state index contributed by atoms with van der Waals surface area (Å²) < 4.78 is 17.6. The van der Waals surface area contributed by atoms with Crippen molar-refractivity contribution in [3.63, 3.8) is 0 Å². The Labute approximate surface area is 205 Å². The molecule has 0 radical (unpaired) electrons. The van der Waals surface area contributed by atoms with Crippen LogP contribution in [0.15, 0.2) is 51.8 Å². The molecule has 1 amide bonds. The fourth-order valence-electron chi connectivity index (χ4n) is 3.60. The zero-order valence-electron chi connectivity index (χ0n) is 19.4. The molecule has 4 rings (SSSR count). The third-order valence-electron chi connectivity index (χ3n) is 5.23. The van der Waals surface area contributed by atoms with Crippen LogP contribution in [0.5, 0.6) is 5.75 Å². The summed E-state index contributed by atoms with van der Waals surface area (Å²) in [4.78, 5) is 27.1. The number of aliphatic hydroxyl groups is 1. The molecule has 2 heterocycles. The highest BCUT2D eigenvalue weighted by Gasteiger charge is 2.19. The number of halogens is 1. The first kappa shape index (κ1) is 24.5. The normalized spacial score (nSPS) is 12.3. The van der Waals surface area contributed by atoms with Gasteiger partial charge in [-0.05, 0) is 44.2 Å². The molecule has 0 aliphatic rings. The number of H-pyrrole nitrogens is 1. The van der Waals surface area contributed by atoms with Gasteiger partial charge < -0.3 is 24.5 Å². The number of aryl methyl sites for hydroxylation is 1. The summed E-state index contributed by atoms with van der Waals surface area (Å²) in [5.74, 6) is -0.450. The van der Waals surface area contributed by atoms with E-state index in [-0.39, 0.29) is 25.1 Å². The van der Waals surface area contributed by atoms with E-state index in [1.54, 1.807) is 41.9 Å². The number of rotatable bonds is 9. The molecule has 2 aromatic heterocycles. The van der Waals surface area contributed by atoms with Gasteiger partial charge in [-0.3, -0.25) is 14.3 Å². The second kappa shape index (κ2) is 10.3. The minimum Gasteiger partial charge on any atom is -0.489 e. The Kier molecular flexibility index (Phi) is 7.25. The van der Waals surface area contributed by atoms with E-state index in [4.69, 9.17) is 21.1 Å². The van der Waals surface area contributed by atoms with Gasteiger partial charge in [-0.1, -0.05) is 28.9 Å². The highest BCUT2D eigenvalue weighted by atomic mass is 35.5. The number of fused-ring (bicyclic) bond motifs is 1. The quantitative estimate of drug-likeness (QED) is 0.320. The van der Waals surface area contributed by atoms with Crippen LogP contribution in [-0.4, -0.2) is 51.1 Å². The zero-order valence-corrected chi connectivity index (χ0v) is 20.1. The summed E-state index contributed by atoms with van der Waals surface area (Å²) in [6, 6.07) is 12.0. The molecule has 1 atom stereocenters. The molecule has 11 heteroatoms. The third-order valence-corrected chi connectivity index (χ3v) is 5.47. The third kappa shape index (κ3) is 5.56. The van der Waals surface area contributed by atoms with Gasteiger partial charge in [-0.25, -0.2) is 4.79 Å². The van der Waals surface area contributed by atoms with Gasteiger partial charge in [-0.15, -0.1) is 0 Å². The van der Waals surface area contributed by atoms with E-state index in [0.29, 0.717) is 33.2 Å². The van der Waals surface area contributed by atoms with Crippen molar-refractivity contribution in [3.05, 3.63) is 63.7 Å². The monoisotopic (exact) mass is 500 g/mol. The van der Waals surface area contributed by atoms with Crippen LogP contribution in [0.4, 0.5) is 5.69 Å². The number of ether oxygens (including phenoxy) is 2. The maximum Gasteiger partial charge on any atom is 0.439 e. The number of hydrogen-bond acceptors (Lipinski definition) is 7. The fourth-order valence-corrected chi connectivity index (χ4v) is 3.78. The number of benzene rings is 2. The van der Waals surface area contributed by atoms with E-state index in [1.165, 1.54) is 0 Å². The SMILES string of the molecule is CC(C)OCC(O)COc1cccc2cc(C(=O)Nc3ccc(Cl)cc3-c3noc(=O)[nH]3)n(C)c12. The van der Waals surface area contributed by atoms with Crippen molar-refractivity contribution < 1.29 is 23.9 Å². The molecule has 10 nitrogen and oxygen atoms in total. The topological polar surface area (TPSA) is 132 Å². The molecule has 0 saturated heterocycles. The Hall–Kier alpha value is -3.60. The second-order valence-corrected chi connectivity index (χ2v) is 8.65. The molecule has 35 heavy (non-hydrogen) atoms. The van der Waals surface area contributed by atoms with Crippen molar-refractivity contribution in [1.82, 2.24) is 14.7 Å². The van der Waals surface area contributed by atoms with E-state index in [2.05, 4.69) is 20.0 Å². The van der Waals surface area contributed by atoms with Gasteiger partial charge in [0.2, 0.25) is 0 Å².